The maximum Gasteiger partial charge on any atom is 0.364 e. The SMILES string of the molecule is NC1CCCC/C=C/C1OC(=O)S. The van der Waals surface area contributed by atoms with E-state index in [-0.39, 0.29) is 12.1 Å². The Morgan fingerprint density at radius 1 is 1.54 bits per heavy atom. The largest absolute Gasteiger partial charge is 0.449 e. The maximum atomic E-state index is 10.6. The van der Waals surface area contributed by atoms with Crippen molar-refractivity contribution < 1.29 is 9.53 Å². The molecule has 0 spiro atoms. The molecule has 2 atom stereocenters. The number of nitrogens with two attached hydrogens (primary N) is 1. The normalized spacial score (nSPS) is 31.5. The minimum absolute atomic E-state index is 0.0901. The molecule has 0 aromatic rings. The van der Waals surface area contributed by atoms with Crippen LogP contribution >= 0.6 is 12.6 Å². The van der Waals surface area contributed by atoms with Crippen LogP contribution in [0.3, 0.4) is 0 Å². The van der Waals surface area contributed by atoms with Gasteiger partial charge < -0.3 is 10.5 Å². The van der Waals surface area contributed by atoms with E-state index in [2.05, 4.69) is 12.6 Å². The molecular formula is C9H15NO2S. The van der Waals surface area contributed by atoms with Gasteiger partial charge in [-0.15, -0.1) is 0 Å². The molecule has 3 nitrogen and oxygen atoms in total. The molecule has 1 aliphatic carbocycles. The van der Waals surface area contributed by atoms with Gasteiger partial charge in [0.1, 0.15) is 6.10 Å². The number of thiol groups is 1. The van der Waals surface area contributed by atoms with Gasteiger partial charge in [-0.2, -0.15) is 0 Å². The van der Waals surface area contributed by atoms with E-state index in [0.29, 0.717) is 0 Å². The average Bonchev–Trinajstić information content (AvgIpc) is 2.04. The summed E-state index contributed by atoms with van der Waals surface area (Å²) in [6, 6.07) is -0.0901. The van der Waals surface area contributed by atoms with Crippen molar-refractivity contribution in [3.8, 4) is 0 Å². The highest BCUT2D eigenvalue weighted by Crippen LogP contribution is 2.14. The molecule has 2 N–H and O–H groups in total. The zero-order valence-electron chi connectivity index (χ0n) is 7.48. The second-order valence-corrected chi connectivity index (χ2v) is 3.59. The van der Waals surface area contributed by atoms with Gasteiger partial charge in [-0.25, -0.2) is 4.79 Å². The number of carbonyl (C=O) groups excluding carboxylic acids is 1. The van der Waals surface area contributed by atoms with E-state index in [0.717, 1.165) is 25.7 Å². The van der Waals surface area contributed by atoms with Crippen LogP contribution in [0.4, 0.5) is 4.79 Å². The second-order valence-electron chi connectivity index (χ2n) is 3.22. The predicted octanol–water partition coefficient (Wildman–Crippen LogP) is 1.88. The van der Waals surface area contributed by atoms with Crippen molar-refractivity contribution in [2.45, 2.75) is 37.8 Å². The summed E-state index contributed by atoms with van der Waals surface area (Å²) in [6.07, 6.45) is 7.75. The highest BCUT2D eigenvalue weighted by molar-refractivity contribution is 7.96. The summed E-state index contributed by atoms with van der Waals surface area (Å²) in [6.45, 7) is 0. The Kier molecular flexibility index (Phi) is 4.32. The van der Waals surface area contributed by atoms with Crippen molar-refractivity contribution in [2.24, 2.45) is 5.73 Å². The summed E-state index contributed by atoms with van der Waals surface area (Å²) >= 11 is 3.56. The lowest BCUT2D eigenvalue weighted by Crippen LogP contribution is -2.36. The number of allylic oxidation sites excluding steroid dienone is 1. The quantitative estimate of drug-likeness (QED) is 0.387. The molecule has 2 unspecified atom stereocenters. The molecule has 0 saturated carbocycles. The molecule has 0 heterocycles. The number of hydrogen-bond acceptors (Lipinski definition) is 3. The first kappa shape index (κ1) is 10.6. The summed E-state index contributed by atoms with van der Waals surface area (Å²) in [7, 11) is 0. The first-order chi connectivity index (χ1) is 6.20. The molecule has 13 heavy (non-hydrogen) atoms. The Bertz CT molecular complexity index is 206. The third-order valence-corrected chi connectivity index (χ3v) is 2.25. The van der Waals surface area contributed by atoms with Crippen LogP contribution in [0.5, 0.6) is 0 Å². The highest BCUT2D eigenvalue weighted by atomic mass is 32.1. The summed E-state index contributed by atoms with van der Waals surface area (Å²) in [5.41, 5.74) is 5.83. The lowest BCUT2D eigenvalue weighted by Gasteiger charge is -2.21. The fraction of sp³-hybridized carbons (Fsp3) is 0.667. The lowest BCUT2D eigenvalue weighted by molar-refractivity contribution is 0.129. The Hall–Kier alpha value is -0.480. The molecule has 74 valence electrons. The van der Waals surface area contributed by atoms with Crippen molar-refractivity contribution in [1.82, 2.24) is 0 Å². The molecule has 1 aliphatic rings. The van der Waals surface area contributed by atoms with Crippen LogP contribution in [-0.4, -0.2) is 17.4 Å². The topological polar surface area (TPSA) is 52.3 Å². The molecule has 0 bridgehead atoms. The number of ether oxygens (including phenoxy) is 1. The molecule has 4 heteroatoms. The molecule has 1 rings (SSSR count). The van der Waals surface area contributed by atoms with Crippen LogP contribution in [0, 0.1) is 0 Å². The number of hydrogen-bond donors (Lipinski definition) is 2. The molecule has 0 radical (unpaired) electrons. The fourth-order valence-corrected chi connectivity index (χ4v) is 1.54. The van der Waals surface area contributed by atoms with E-state index in [1.54, 1.807) is 0 Å². The Morgan fingerprint density at radius 2 is 2.31 bits per heavy atom. The van der Waals surface area contributed by atoms with Crippen LogP contribution in [0.15, 0.2) is 12.2 Å². The van der Waals surface area contributed by atoms with Crippen molar-refractivity contribution in [2.75, 3.05) is 0 Å². The van der Waals surface area contributed by atoms with E-state index in [9.17, 15) is 4.79 Å². The monoisotopic (exact) mass is 201 g/mol. The van der Waals surface area contributed by atoms with Gasteiger partial charge in [-0.1, -0.05) is 25.1 Å². The van der Waals surface area contributed by atoms with E-state index in [1.807, 2.05) is 12.2 Å². The van der Waals surface area contributed by atoms with Gasteiger partial charge in [0.25, 0.3) is 0 Å². The Labute approximate surface area is 83.7 Å². The van der Waals surface area contributed by atoms with Crippen LogP contribution < -0.4 is 5.73 Å². The first-order valence-electron chi connectivity index (χ1n) is 4.52. The minimum atomic E-state index is -0.564. The Balaban J connectivity index is 2.54. The zero-order valence-corrected chi connectivity index (χ0v) is 8.37. The molecule has 0 aromatic carbocycles. The summed E-state index contributed by atoms with van der Waals surface area (Å²) in [4.78, 5) is 10.6. The zero-order chi connectivity index (χ0) is 9.68. The number of carbonyl (C=O) groups is 1. The molecule has 0 fully saturated rings. The van der Waals surface area contributed by atoms with E-state index < -0.39 is 5.30 Å². The third-order valence-electron chi connectivity index (χ3n) is 2.14. The summed E-state index contributed by atoms with van der Waals surface area (Å²) < 4.78 is 4.95. The smallest absolute Gasteiger partial charge is 0.364 e. The molecule has 0 saturated heterocycles. The minimum Gasteiger partial charge on any atom is -0.449 e. The van der Waals surface area contributed by atoms with E-state index >= 15 is 0 Å². The lowest BCUT2D eigenvalue weighted by atomic mass is 10.00. The van der Waals surface area contributed by atoms with Crippen LogP contribution in [0.25, 0.3) is 0 Å². The molecule has 0 aromatic heterocycles. The third kappa shape index (κ3) is 3.83. The van der Waals surface area contributed by atoms with E-state index in [4.69, 9.17) is 10.5 Å². The van der Waals surface area contributed by atoms with Crippen LogP contribution in [-0.2, 0) is 4.74 Å². The Morgan fingerprint density at radius 3 is 3.00 bits per heavy atom. The second kappa shape index (κ2) is 5.29. The van der Waals surface area contributed by atoms with Gasteiger partial charge in [-0.3, -0.25) is 0 Å². The molecular weight excluding hydrogens is 186 g/mol. The molecule has 0 aliphatic heterocycles. The summed E-state index contributed by atoms with van der Waals surface area (Å²) in [5, 5.41) is -0.564. The fourth-order valence-electron chi connectivity index (χ4n) is 1.42. The van der Waals surface area contributed by atoms with Gasteiger partial charge in [0.05, 0.1) is 0 Å². The van der Waals surface area contributed by atoms with E-state index in [1.165, 1.54) is 0 Å². The van der Waals surface area contributed by atoms with Crippen LogP contribution in [0.2, 0.25) is 0 Å². The van der Waals surface area contributed by atoms with Crippen molar-refractivity contribution in [3.63, 3.8) is 0 Å². The van der Waals surface area contributed by atoms with Crippen LogP contribution in [0.1, 0.15) is 25.7 Å². The van der Waals surface area contributed by atoms with Crippen molar-refractivity contribution >= 4 is 17.9 Å². The van der Waals surface area contributed by atoms with Gasteiger partial charge in [0.15, 0.2) is 0 Å². The predicted molar refractivity (Wildman–Crippen MR) is 54.8 cm³/mol. The van der Waals surface area contributed by atoms with Gasteiger partial charge in [-0.05, 0) is 25.3 Å². The van der Waals surface area contributed by atoms with Gasteiger partial charge in [0.2, 0.25) is 0 Å². The molecule has 0 amide bonds. The van der Waals surface area contributed by atoms with Crippen molar-refractivity contribution in [3.05, 3.63) is 12.2 Å². The van der Waals surface area contributed by atoms with Gasteiger partial charge >= 0.3 is 5.30 Å². The van der Waals surface area contributed by atoms with Crippen molar-refractivity contribution in [1.29, 1.82) is 0 Å². The van der Waals surface area contributed by atoms with Gasteiger partial charge in [0, 0.05) is 6.04 Å². The average molecular weight is 201 g/mol. The number of rotatable bonds is 1. The standard InChI is InChI=1S/C9H15NO2S/c10-7-5-3-1-2-4-6-8(7)12-9(11)13/h4,6-8H,1-3,5,10H2,(H,11,13)/b6-4+. The highest BCUT2D eigenvalue weighted by Gasteiger charge is 2.18. The summed E-state index contributed by atoms with van der Waals surface area (Å²) in [5.74, 6) is 0. The maximum absolute atomic E-state index is 10.6. The first-order valence-corrected chi connectivity index (χ1v) is 4.96.